The monoisotopic (exact) mass is 366 g/mol. The van der Waals surface area contributed by atoms with Gasteiger partial charge in [0.25, 0.3) is 0 Å². The van der Waals surface area contributed by atoms with Crippen molar-refractivity contribution in [2.75, 3.05) is 5.01 Å². The molecule has 1 aromatic carbocycles. The van der Waals surface area contributed by atoms with Crippen molar-refractivity contribution in [2.24, 2.45) is 5.10 Å². The van der Waals surface area contributed by atoms with E-state index in [2.05, 4.69) is 43.0 Å². The van der Waals surface area contributed by atoms with E-state index in [1.54, 1.807) is 0 Å². The van der Waals surface area contributed by atoms with E-state index >= 15 is 0 Å². The Balaban J connectivity index is 1.91. The molecular formula is C13H8Br2N2O. The first kappa shape index (κ1) is 10.8. The summed E-state index contributed by atoms with van der Waals surface area (Å²) in [6.07, 6.45) is 6.04. The van der Waals surface area contributed by atoms with Gasteiger partial charge in [-0.15, -0.1) is 0 Å². The van der Waals surface area contributed by atoms with Crippen molar-refractivity contribution in [1.29, 1.82) is 0 Å². The van der Waals surface area contributed by atoms with Crippen molar-refractivity contribution < 1.29 is 4.74 Å². The zero-order chi connectivity index (χ0) is 12.3. The van der Waals surface area contributed by atoms with Crippen LogP contribution in [-0.4, -0.2) is 18.4 Å². The number of halogens is 2. The molecule has 0 fully saturated rings. The molecule has 1 aliphatic carbocycles. The summed E-state index contributed by atoms with van der Waals surface area (Å²) in [5.74, 6) is 0.867. The van der Waals surface area contributed by atoms with Crippen LogP contribution in [-0.2, 0) is 0 Å². The third kappa shape index (κ3) is 1.37. The van der Waals surface area contributed by atoms with Gasteiger partial charge >= 0.3 is 0 Å². The summed E-state index contributed by atoms with van der Waals surface area (Å²) in [4.78, 5) is 0. The predicted octanol–water partition coefficient (Wildman–Crippen LogP) is 3.60. The van der Waals surface area contributed by atoms with Gasteiger partial charge in [0.05, 0.1) is 6.21 Å². The molecule has 4 rings (SSSR count). The molecule has 2 atom stereocenters. The van der Waals surface area contributed by atoms with Crippen molar-refractivity contribution in [3.05, 3.63) is 44.9 Å². The van der Waals surface area contributed by atoms with E-state index in [1.165, 1.54) is 5.57 Å². The molecule has 90 valence electrons. The number of nitrogens with zero attached hydrogens (tertiary/aromatic N) is 2. The Morgan fingerprint density at radius 3 is 3.06 bits per heavy atom. The lowest BCUT2D eigenvalue weighted by molar-refractivity contribution is 0.212. The van der Waals surface area contributed by atoms with Crippen LogP contribution in [0.3, 0.4) is 0 Å². The Morgan fingerprint density at radius 1 is 1.28 bits per heavy atom. The quantitative estimate of drug-likeness (QED) is 0.699. The van der Waals surface area contributed by atoms with E-state index < -0.39 is 0 Å². The molecule has 0 bridgehead atoms. The summed E-state index contributed by atoms with van der Waals surface area (Å²) < 4.78 is 8.15. The van der Waals surface area contributed by atoms with Gasteiger partial charge in [0.1, 0.15) is 23.6 Å². The van der Waals surface area contributed by atoms with Gasteiger partial charge in [-0.2, -0.15) is 5.10 Å². The highest BCUT2D eigenvalue weighted by atomic mass is 79.9. The van der Waals surface area contributed by atoms with Crippen LogP contribution in [0.1, 0.15) is 0 Å². The minimum absolute atomic E-state index is 0.0191. The minimum Gasteiger partial charge on any atom is -0.481 e. The molecule has 2 aliphatic heterocycles. The highest BCUT2D eigenvalue weighted by Crippen LogP contribution is 2.44. The van der Waals surface area contributed by atoms with Gasteiger partial charge in [0, 0.05) is 14.5 Å². The maximum Gasteiger partial charge on any atom is 0.146 e. The molecule has 0 aromatic heterocycles. The van der Waals surface area contributed by atoms with Crippen molar-refractivity contribution in [3.8, 4) is 5.75 Å². The number of hydrogen-bond donors (Lipinski definition) is 0. The number of allylic oxidation sites excluding steroid dienone is 2. The van der Waals surface area contributed by atoms with Gasteiger partial charge in [-0.05, 0) is 30.4 Å². The number of hydrogen-bond acceptors (Lipinski definition) is 3. The van der Waals surface area contributed by atoms with Crippen molar-refractivity contribution in [2.45, 2.75) is 12.1 Å². The molecule has 0 amide bonds. The second kappa shape index (κ2) is 3.71. The second-order valence-corrected chi connectivity index (χ2v) is 6.16. The average molecular weight is 368 g/mol. The van der Waals surface area contributed by atoms with Crippen molar-refractivity contribution in [1.82, 2.24) is 0 Å². The Labute approximate surface area is 121 Å². The lowest BCUT2D eigenvalue weighted by atomic mass is 9.95. The lowest BCUT2D eigenvalue weighted by Crippen LogP contribution is -2.46. The molecule has 3 nitrogen and oxygen atoms in total. The standard InChI is InChI=1S/C13H8Br2N2O/c14-7-1-3-10-12(5-7)18-11-4-2-9(15)8-6-16-17(10)13(8)11/h1-6,11,13H. The van der Waals surface area contributed by atoms with E-state index in [9.17, 15) is 0 Å². The fraction of sp³-hybridized carbons (Fsp3) is 0.154. The molecule has 0 radical (unpaired) electrons. The topological polar surface area (TPSA) is 24.8 Å². The molecule has 18 heavy (non-hydrogen) atoms. The Kier molecular flexibility index (Phi) is 2.23. The summed E-state index contributed by atoms with van der Waals surface area (Å²) >= 11 is 7.04. The number of hydrazone groups is 1. The van der Waals surface area contributed by atoms with Gasteiger partial charge in [0.2, 0.25) is 0 Å². The summed E-state index contributed by atoms with van der Waals surface area (Å²) in [6.45, 7) is 0. The largest absolute Gasteiger partial charge is 0.481 e. The van der Waals surface area contributed by atoms with Crippen LogP contribution in [0, 0.1) is 0 Å². The molecular weight excluding hydrogens is 360 g/mol. The summed E-state index contributed by atoms with van der Waals surface area (Å²) in [5, 5.41) is 6.54. The van der Waals surface area contributed by atoms with E-state index in [4.69, 9.17) is 4.74 Å². The molecule has 5 heteroatoms. The number of fused-ring (bicyclic) bond motifs is 2. The number of rotatable bonds is 0. The minimum atomic E-state index is 0.0191. The summed E-state index contributed by atoms with van der Waals surface area (Å²) in [5.41, 5.74) is 2.19. The molecule has 2 unspecified atom stereocenters. The fourth-order valence-corrected chi connectivity index (χ4v) is 3.37. The first-order valence-electron chi connectivity index (χ1n) is 5.61. The number of ether oxygens (including phenoxy) is 1. The van der Waals surface area contributed by atoms with E-state index in [0.29, 0.717) is 0 Å². The summed E-state index contributed by atoms with van der Waals surface area (Å²) in [6, 6.07) is 6.17. The summed E-state index contributed by atoms with van der Waals surface area (Å²) in [7, 11) is 0. The molecule has 0 N–H and O–H groups in total. The number of benzene rings is 1. The van der Waals surface area contributed by atoms with Crippen molar-refractivity contribution >= 4 is 43.8 Å². The van der Waals surface area contributed by atoms with E-state index in [0.717, 1.165) is 20.4 Å². The van der Waals surface area contributed by atoms with Gasteiger partial charge in [-0.1, -0.05) is 31.9 Å². The van der Waals surface area contributed by atoms with Gasteiger partial charge < -0.3 is 4.74 Å². The Morgan fingerprint density at radius 2 is 2.17 bits per heavy atom. The predicted molar refractivity (Wildman–Crippen MR) is 78.4 cm³/mol. The van der Waals surface area contributed by atoms with Crippen LogP contribution >= 0.6 is 31.9 Å². The van der Waals surface area contributed by atoms with Crippen LogP contribution in [0.5, 0.6) is 5.75 Å². The maximum atomic E-state index is 6.05. The third-order valence-corrected chi connectivity index (χ3v) is 4.57. The highest BCUT2D eigenvalue weighted by molar-refractivity contribution is 9.12. The second-order valence-electron chi connectivity index (χ2n) is 4.39. The fourth-order valence-electron chi connectivity index (χ4n) is 2.54. The average Bonchev–Trinajstić information content (AvgIpc) is 2.80. The Bertz CT molecular complexity index is 636. The normalized spacial score (nSPS) is 27.1. The third-order valence-electron chi connectivity index (χ3n) is 3.35. The van der Waals surface area contributed by atoms with Crippen LogP contribution < -0.4 is 9.75 Å². The SMILES string of the molecule is BrC1=C2C=NN3c4ccc(Br)cc4OC(C=C1)C23. The first-order chi connectivity index (χ1) is 8.74. The van der Waals surface area contributed by atoms with Crippen LogP contribution in [0.25, 0.3) is 0 Å². The van der Waals surface area contributed by atoms with Gasteiger partial charge in [0.15, 0.2) is 0 Å². The highest BCUT2D eigenvalue weighted by Gasteiger charge is 2.42. The van der Waals surface area contributed by atoms with Gasteiger partial charge in [-0.25, -0.2) is 0 Å². The van der Waals surface area contributed by atoms with Crippen molar-refractivity contribution in [3.63, 3.8) is 0 Å². The maximum absolute atomic E-state index is 6.05. The Hall–Kier alpha value is -1.07. The molecule has 3 aliphatic rings. The molecule has 1 aromatic rings. The van der Waals surface area contributed by atoms with E-state index in [1.807, 2.05) is 35.5 Å². The molecule has 0 saturated carbocycles. The lowest BCUT2D eigenvalue weighted by Gasteiger charge is -2.38. The van der Waals surface area contributed by atoms with Crippen LogP contribution in [0.4, 0.5) is 5.69 Å². The van der Waals surface area contributed by atoms with Crippen LogP contribution in [0.2, 0.25) is 0 Å². The van der Waals surface area contributed by atoms with E-state index in [-0.39, 0.29) is 12.1 Å². The molecule has 2 heterocycles. The molecule has 0 spiro atoms. The van der Waals surface area contributed by atoms with Gasteiger partial charge in [-0.3, -0.25) is 5.01 Å². The number of anilines is 1. The first-order valence-corrected chi connectivity index (χ1v) is 7.20. The zero-order valence-corrected chi connectivity index (χ0v) is 12.3. The smallest absolute Gasteiger partial charge is 0.146 e. The molecule has 0 saturated heterocycles. The zero-order valence-electron chi connectivity index (χ0n) is 9.18. The van der Waals surface area contributed by atoms with Crippen LogP contribution in [0.15, 0.2) is 50.0 Å².